The van der Waals surface area contributed by atoms with Crippen LogP contribution in [0.1, 0.15) is 59.4 Å². The molecule has 0 bridgehead atoms. The van der Waals surface area contributed by atoms with E-state index in [2.05, 4.69) is 5.43 Å². The number of nitrogens with one attached hydrogen (secondary N) is 3. The summed E-state index contributed by atoms with van der Waals surface area (Å²) in [6.07, 6.45) is 5.37. The smallest absolute Gasteiger partial charge is 0.247 e. The highest BCUT2D eigenvalue weighted by Crippen LogP contribution is 2.46. The minimum absolute atomic E-state index is 0.0217. The molecule has 0 heterocycles. The number of sulfonamides is 1. The third-order valence-corrected chi connectivity index (χ3v) is 5.47. The second kappa shape index (κ2) is 11.6. The lowest BCUT2D eigenvalue weighted by atomic mass is 9.61. The van der Waals surface area contributed by atoms with Crippen LogP contribution in [0, 0.1) is 22.7 Å². The molecule has 0 fully saturated rings. The van der Waals surface area contributed by atoms with Crippen LogP contribution in [0.4, 0.5) is 0 Å². The standard InChI is InChI=1S/C23H37N3O5S/c1-17(2)15-23(16-22(3,4)5,21(28)24-26-32(6,30)31)19(20(27)25-29)14-10-13-18-11-8-7-9-12-18/h7-13,17,19,26,29H,14-16H2,1-6H3,(H,24,28)(H,25,27)/b13-10+/t19-,23-/m1/s1. The van der Waals surface area contributed by atoms with Crippen LogP contribution in [-0.4, -0.2) is 31.7 Å². The van der Waals surface area contributed by atoms with Gasteiger partial charge in [-0.1, -0.05) is 77.1 Å². The molecule has 2 amide bonds. The van der Waals surface area contributed by atoms with Crippen LogP contribution >= 0.6 is 0 Å². The number of benzene rings is 1. The lowest BCUT2D eigenvalue weighted by molar-refractivity contribution is -0.150. The minimum atomic E-state index is -3.70. The molecule has 0 aliphatic carbocycles. The number of carbonyl (C=O) groups excluding carboxylic acids is 2. The third kappa shape index (κ3) is 9.10. The first-order valence-corrected chi connectivity index (χ1v) is 12.5. The number of hydrazine groups is 1. The molecule has 9 heteroatoms. The number of hydroxylamine groups is 1. The van der Waals surface area contributed by atoms with E-state index in [1.807, 2.05) is 75.9 Å². The minimum Gasteiger partial charge on any atom is -0.289 e. The average molecular weight is 468 g/mol. The van der Waals surface area contributed by atoms with Crippen molar-refractivity contribution in [3.8, 4) is 0 Å². The van der Waals surface area contributed by atoms with Gasteiger partial charge in [-0.3, -0.25) is 20.2 Å². The summed E-state index contributed by atoms with van der Waals surface area (Å²) in [5.41, 5.74) is 3.30. The van der Waals surface area contributed by atoms with E-state index in [1.54, 1.807) is 11.6 Å². The molecule has 0 unspecified atom stereocenters. The van der Waals surface area contributed by atoms with E-state index in [1.165, 1.54) is 0 Å². The zero-order valence-corrected chi connectivity index (χ0v) is 20.6. The van der Waals surface area contributed by atoms with Gasteiger partial charge in [-0.25, -0.2) is 13.9 Å². The van der Waals surface area contributed by atoms with Crippen molar-refractivity contribution >= 4 is 27.9 Å². The van der Waals surface area contributed by atoms with Gasteiger partial charge in [0.05, 0.1) is 17.6 Å². The van der Waals surface area contributed by atoms with E-state index in [0.717, 1.165) is 11.8 Å². The van der Waals surface area contributed by atoms with Crippen LogP contribution < -0.4 is 15.7 Å². The first-order chi connectivity index (χ1) is 14.7. The van der Waals surface area contributed by atoms with Gasteiger partial charge >= 0.3 is 0 Å². The molecule has 1 aromatic carbocycles. The Morgan fingerprint density at radius 3 is 2.19 bits per heavy atom. The van der Waals surface area contributed by atoms with Crippen LogP contribution in [0.5, 0.6) is 0 Å². The molecule has 0 aromatic heterocycles. The van der Waals surface area contributed by atoms with Crippen molar-refractivity contribution in [3.63, 3.8) is 0 Å². The maximum atomic E-state index is 13.5. The van der Waals surface area contributed by atoms with Gasteiger partial charge in [-0.15, -0.1) is 4.83 Å². The summed E-state index contributed by atoms with van der Waals surface area (Å²) < 4.78 is 23.2. The Hall–Kier alpha value is -2.23. The SMILES string of the molecule is CC(C)C[C@](CC(C)(C)C)(C(=O)NNS(C)(=O)=O)[C@H](C/C=C/c1ccccc1)C(=O)NO. The Morgan fingerprint density at radius 1 is 1.12 bits per heavy atom. The average Bonchev–Trinajstić information content (AvgIpc) is 2.67. The first-order valence-electron chi connectivity index (χ1n) is 10.6. The number of amides is 2. The van der Waals surface area contributed by atoms with Crippen LogP contribution in [0.15, 0.2) is 36.4 Å². The van der Waals surface area contributed by atoms with Gasteiger partial charge in [0.25, 0.3) is 0 Å². The highest BCUT2D eigenvalue weighted by atomic mass is 32.2. The molecule has 0 saturated carbocycles. The maximum Gasteiger partial charge on any atom is 0.247 e. The van der Waals surface area contributed by atoms with Crippen molar-refractivity contribution in [3.05, 3.63) is 42.0 Å². The van der Waals surface area contributed by atoms with Gasteiger partial charge in [-0.05, 0) is 36.2 Å². The van der Waals surface area contributed by atoms with Crippen LogP contribution in [0.2, 0.25) is 0 Å². The molecular weight excluding hydrogens is 430 g/mol. The van der Waals surface area contributed by atoms with E-state index in [-0.39, 0.29) is 17.8 Å². The molecule has 0 saturated heterocycles. The molecule has 1 rings (SSSR count). The predicted molar refractivity (Wildman–Crippen MR) is 126 cm³/mol. The summed E-state index contributed by atoms with van der Waals surface area (Å²) in [6, 6.07) is 9.51. The van der Waals surface area contributed by atoms with Gasteiger partial charge in [0.1, 0.15) is 0 Å². The molecule has 8 nitrogen and oxygen atoms in total. The normalized spacial score (nSPS) is 15.4. The molecule has 180 valence electrons. The molecule has 0 spiro atoms. The van der Waals surface area contributed by atoms with Crippen molar-refractivity contribution in [2.75, 3.05) is 6.26 Å². The molecule has 1 aromatic rings. The molecule has 0 radical (unpaired) electrons. The fraction of sp³-hybridized carbons (Fsp3) is 0.565. The van der Waals surface area contributed by atoms with Crippen molar-refractivity contribution < 1.29 is 23.2 Å². The van der Waals surface area contributed by atoms with Crippen LogP contribution in [-0.2, 0) is 19.6 Å². The van der Waals surface area contributed by atoms with Crippen molar-refractivity contribution in [1.29, 1.82) is 0 Å². The molecular formula is C23H37N3O5S. The van der Waals surface area contributed by atoms with Crippen molar-refractivity contribution in [2.24, 2.45) is 22.7 Å². The number of hydrogen-bond donors (Lipinski definition) is 4. The van der Waals surface area contributed by atoms with E-state index < -0.39 is 33.2 Å². The summed E-state index contributed by atoms with van der Waals surface area (Å²) in [7, 11) is -3.70. The number of hydrogen-bond acceptors (Lipinski definition) is 5. The zero-order chi connectivity index (χ0) is 24.6. The molecule has 2 atom stereocenters. The summed E-state index contributed by atoms with van der Waals surface area (Å²) >= 11 is 0. The lowest BCUT2D eigenvalue weighted by Crippen LogP contribution is -2.56. The van der Waals surface area contributed by atoms with E-state index in [9.17, 15) is 23.2 Å². The fourth-order valence-electron chi connectivity index (χ4n) is 4.17. The van der Waals surface area contributed by atoms with E-state index in [4.69, 9.17) is 0 Å². The summed E-state index contributed by atoms with van der Waals surface area (Å²) in [5.74, 6) is -2.21. The Morgan fingerprint density at radius 2 is 1.72 bits per heavy atom. The second-order valence-electron chi connectivity index (χ2n) is 9.90. The number of carbonyl (C=O) groups is 2. The number of rotatable bonds is 11. The van der Waals surface area contributed by atoms with Crippen molar-refractivity contribution in [1.82, 2.24) is 15.7 Å². The van der Waals surface area contributed by atoms with E-state index >= 15 is 0 Å². The number of allylic oxidation sites excluding steroid dienone is 1. The Kier molecular flexibility index (Phi) is 10.1. The van der Waals surface area contributed by atoms with Gasteiger partial charge in [0, 0.05) is 0 Å². The van der Waals surface area contributed by atoms with Gasteiger partial charge < -0.3 is 0 Å². The van der Waals surface area contributed by atoms with Crippen molar-refractivity contribution in [2.45, 2.75) is 53.9 Å². The second-order valence-corrected chi connectivity index (χ2v) is 11.6. The Bertz CT molecular complexity index is 892. The summed E-state index contributed by atoms with van der Waals surface area (Å²) in [6.45, 7) is 9.72. The predicted octanol–water partition coefficient (Wildman–Crippen LogP) is 3.26. The topological polar surface area (TPSA) is 125 Å². The monoisotopic (exact) mass is 467 g/mol. The zero-order valence-electron chi connectivity index (χ0n) is 19.8. The molecule has 4 N–H and O–H groups in total. The summed E-state index contributed by atoms with van der Waals surface area (Å²) in [5, 5.41) is 9.49. The van der Waals surface area contributed by atoms with Crippen LogP contribution in [0.25, 0.3) is 6.08 Å². The molecule has 32 heavy (non-hydrogen) atoms. The highest BCUT2D eigenvalue weighted by molar-refractivity contribution is 7.88. The lowest BCUT2D eigenvalue weighted by Gasteiger charge is -2.43. The maximum absolute atomic E-state index is 13.5. The molecule has 0 aliphatic rings. The van der Waals surface area contributed by atoms with Gasteiger partial charge in [0.15, 0.2) is 0 Å². The fourth-order valence-corrected chi connectivity index (χ4v) is 4.45. The van der Waals surface area contributed by atoms with E-state index in [0.29, 0.717) is 12.8 Å². The van der Waals surface area contributed by atoms with Gasteiger partial charge in [-0.2, -0.15) is 0 Å². The quantitative estimate of drug-likeness (QED) is 0.294. The highest BCUT2D eigenvalue weighted by Gasteiger charge is 2.50. The summed E-state index contributed by atoms with van der Waals surface area (Å²) in [4.78, 5) is 28.4. The molecule has 0 aliphatic heterocycles. The Labute approximate surface area is 191 Å². The largest absolute Gasteiger partial charge is 0.289 e. The Balaban J connectivity index is 3.49. The first kappa shape index (κ1) is 27.8. The van der Waals surface area contributed by atoms with Gasteiger partial charge in [0.2, 0.25) is 21.8 Å². The van der Waals surface area contributed by atoms with Crippen LogP contribution in [0.3, 0.4) is 0 Å². The third-order valence-electron chi connectivity index (χ3n) is 5.00.